The summed E-state index contributed by atoms with van der Waals surface area (Å²) in [6.45, 7) is 0. The first kappa shape index (κ1) is 2.47. The van der Waals surface area contributed by atoms with Crippen LogP contribution in [-0.2, 0) is 0 Å². The zero-order chi connectivity index (χ0) is 5.15. The molecule has 0 bridgehead atoms. The molecule has 0 aliphatic heterocycles. The highest BCUT2D eigenvalue weighted by atomic mass is 15.3. The van der Waals surface area contributed by atoms with E-state index in [1.54, 1.807) is 0 Å². The highest BCUT2D eigenvalue weighted by Crippen LogP contribution is 1.25. The molecule has 4 nitrogen and oxygen atoms in total. The Kier molecular flexibility index (Phi) is 0.759. The van der Waals surface area contributed by atoms with Crippen LogP contribution < -0.4 is 17.0 Å². The van der Waals surface area contributed by atoms with Crippen molar-refractivity contribution in [2.24, 2.45) is 11.6 Å². The highest BCUT2D eigenvalue weighted by Gasteiger charge is 1.66. The van der Waals surface area contributed by atoms with Crippen molar-refractivity contribution >= 4 is 5.96 Å². The van der Waals surface area contributed by atoms with Gasteiger partial charge in [-0.2, -0.15) is 0 Å². The predicted molar refractivity (Wildman–Crippen MR) is 19.2 cm³/mol. The molecule has 0 aliphatic rings. The summed E-state index contributed by atoms with van der Waals surface area (Å²) in [5, 5.41) is 6.34. The minimum atomic E-state index is -0.463. The monoisotopic (exact) mass is 75.1 g/mol. The average molecular weight is 75.1 g/mol. The van der Waals surface area contributed by atoms with Gasteiger partial charge in [0.1, 0.15) is 0 Å². The molecule has 0 unspecified atom stereocenters. The smallest absolute Gasteiger partial charge is 0.200 e. The van der Waals surface area contributed by atoms with Crippen molar-refractivity contribution in [2.75, 3.05) is 0 Å². The molecule has 0 aromatic heterocycles. The van der Waals surface area contributed by atoms with Gasteiger partial charge in [-0.05, 0) is 0 Å². The minimum Gasteiger partial charge on any atom is -0.369 e. The van der Waals surface area contributed by atoms with Gasteiger partial charge in [0.2, 0.25) is 0 Å². The summed E-state index contributed by atoms with van der Waals surface area (Å²) in [5.74, 6) is 4.12. The van der Waals surface area contributed by atoms with Gasteiger partial charge in [0.05, 0.1) is 0 Å². The fourth-order valence-electron chi connectivity index (χ4n) is 0. The Morgan fingerprint density at radius 3 is 2.40 bits per heavy atom. The third kappa shape index (κ3) is 3.23. The summed E-state index contributed by atoms with van der Waals surface area (Å²) in [6, 6.07) is 0. The molecule has 0 saturated heterocycles. The van der Waals surface area contributed by atoms with Crippen LogP contribution in [0.1, 0.15) is 0 Å². The highest BCUT2D eigenvalue weighted by molar-refractivity contribution is 5.73. The Balaban J connectivity index is 3.26. The fourth-order valence-corrected chi connectivity index (χ4v) is 0. The Bertz CT molecular complexity index is 58.6. The zero-order valence-electron chi connectivity index (χ0n) is 3.60. The first-order valence-corrected chi connectivity index (χ1v) is 1.02. The maximum atomic E-state index is 6.34. The van der Waals surface area contributed by atoms with Gasteiger partial charge in [-0.1, -0.05) is 0 Å². The lowest BCUT2D eigenvalue weighted by Crippen LogP contribution is -2.35. The van der Waals surface area contributed by atoms with Gasteiger partial charge >= 0.3 is 0 Å². The maximum Gasteiger partial charge on any atom is 0.200 e. The average Bonchev–Trinajstić information content (AvgIpc) is 1.36. The molecule has 30 valence electrons. The summed E-state index contributed by atoms with van der Waals surface area (Å²) in [7, 11) is 0. The SMILES string of the molecule is [2H]N(N)C(=N)N. The maximum absolute atomic E-state index is 6.34. The van der Waals surface area contributed by atoms with Crippen molar-refractivity contribution in [3.63, 3.8) is 0 Å². The quantitative estimate of drug-likeness (QED) is 0.120. The molecule has 0 heterocycles. The normalized spacial score (nSPS) is 9.40. The molecule has 0 rings (SSSR count). The fraction of sp³-hybridized carbons (Fsp3) is 0. The number of hydrogen-bond acceptors (Lipinski definition) is 2. The van der Waals surface area contributed by atoms with Crippen LogP contribution in [0.2, 0.25) is 1.41 Å². The van der Waals surface area contributed by atoms with E-state index in [4.69, 9.17) is 6.82 Å². The van der Waals surface area contributed by atoms with Gasteiger partial charge in [0, 0.05) is 0 Å². The number of hydrazine groups is 1. The van der Waals surface area contributed by atoms with Crippen LogP contribution in [-0.4, -0.2) is 5.96 Å². The van der Waals surface area contributed by atoms with Crippen LogP contribution in [0.5, 0.6) is 0 Å². The van der Waals surface area contributed by atoms with Gasteiger partial charge in [0.15, 0.2) is 7.37 Å². The van der Waals surface area contributed by atoms with Crippen molar-refractivity contribution in [3.05, 3.63) is 0 Å². The van der Waals surface area contributed by atoms with Crippen molar-refractivity contribution in [2.45, 2.75) is 0 Å². The Morgan fingerprint density at radius 1 is 2.20 bits per heavy atom. The number of nitrogens with one attached hydrogen (secondary N) is 2. The zero-order valence-corrected chi connectivity index (χ0v) is 2.60. The third-order valence-corrected chi connectivity index (χ3v) is 0.139. The second-order valence-electron chi connectivity index (χ2n) is 0.514. The van der Waals surface area contributed by atoms with Crippen molar-refractivity contribution in [3.8, 4) is 0 Å². The Morgan fingerprint density at radius 2 is 2.40 bits per heavy atom. The summed E-state index contributed by atoms with van der Waals surface area (Å²) in [6.07, 6.45) is 0. The molecule has 5 heavy (non-hydrogen) atoms. The van der Waals surface area contributed by atoms with E-state index >= 15 is 0 Å². The summed E-state index contributed by atoms with van der Waals surface area (Å²) in [4.78, 5) is 0. The molecule has 0 aliphatic carbocycles. The van der Waals surface area contributed by atoms with E-state index in [1.165, 1.54) is 0 Å². The predicted octanol–water partition coefficient (Wildman–Crippen LogP) is -1.66. The first-order chi connectivity index (χ1) is 2.64. The van der Waals surface area contributed by atoms with Crippen LogP contribution in [0.4, 0.5) is 0 Å². The van der Waals surface area contributed by atoms with Crippen molar-refractivity contribution in [1.29, 1.82) is 5.41 Å². The molecule has 0 amide bonds. The van der Waals surface area contributed by atoms with E-state index in [0.29, 0.717) is 0 Å². The van der Waals surface area contributed by atoms with E-state index in [0.717, 1.165) is 0 Å². The molecular weight excluding hydrogens is 68.0 g/mol. The van der Waals surface area contributed by atoms with Crippen molar-refractivity contribution < 1.29 is 1.41 Å². The second kappa shape index (κ2) is 1.54. The van der Waals surface area contributed by atoms with Gasteiger partial charge in [-0.3, -0.25) is 10.8 Å². The van der Waals surface area contributed by atoms with Gasteiger partial charge in [0.25, 0.3) is 0 Å². The van der Waals surface area contributed by atoms with Crippen LogP contribution in [0.3, 0.4) is 0 Å². The van der Waals surface area contributed by atoms with E-state index < -0.39 is 5.96 Å². The lowest BCUT2D eigenvalue weighted by molar-refractivity contribution is 0.995. The molecule has 0 atom stereocenters. The Labute approximate surface area is 31.1 Å². The first-order valence-electron chi connectivity index (χ1n) is 1.47. The van der Waals surface area contributed by atoms with Crippen LogP contribution in [0, 0.1) is 5.41 Å². The van der Waals surface area contributed by atoms with Gasteiger partial charge in [-0.25, -0.2) is 5.84 Å². The van der Waals surface area contributed by atoms with Crippen molar-refractivity contribution in [1.82, 2.24) is 5.42 Å². The molecule has 0 aromatic rings. The lowest BCUT2D eigenvalue weighted by Gasteiger charge is -1.85. The molecule has 0 radical (unpaired) electrons. The van der Waals surface area contributed by atoms with E-state index in [9.17, 15) is 0 Å². The summed E-state index contributed by atoms with van der Waals surface area (Å²) < 4.78 is 6.29. The molecule has 0 fully saturated rings. The molecule has 4 heteroatoms. The molecule has 6 N–H and O–H groups in total. The van der Waals surface area contributed by atoms with Crippen LogP contribution in [0.15, 0.2) is 0 Å². The van der Waals surface area contributed by atoms with E-state index in [1.807, 2.05) is 0 Å². The minimum absolute atomic E-state index is 0.278. The lowest BCUT2D eigenvalue weighted by atomic mass is 11.1. The largest absolute Gasteiger partial charge is 0.369 e. The molecule has 0 saturated carbocycles. The number of hydrogen-bond donors (Lipinski definition) is 4. The molecule has 0 aromatic carbocycles. The molecular formula is CH6N4. The van der Waals surface area contributed by atoms with E-state index in [-0.39, 0.29) is 5.42 Å². The summed E-state index contributed by atoms with van der Waals surface area (Å²) in [5.41, 5.74) is 4.91. The number of nitrogens with two attached hydrogens (primary N) is 2. The molecule has 0 spiro atoms. The standard InChI is InChI=1S/CH6N4/c2-1(3)5-4/h4H2,(H4,2,3,5)/i/hD. The summed E-state index contributed by atoms with van der Waals surface area (Å²) >= 11 is 0. The van der Waals surface area contributed by atoms with E-state index in [2.05, 4.69) is 11.6 Å². The third-order valence-electron chi connectivity index (χ3n) is 0.139. The van der Waals surface area contributed by atoms with Crippen LogP contribution >= 0.6 is 0 Å². The number of guanidine groups is 1. The van der Waals surface area contributed by atoms with Crippen LogP contribution in [0.25, 0.3) is 0 Å². The Hall–Kier alpha value is -0.770. The van der Waals surface area contributed by atoms with Gasteiger partial charge < -0.3 is 5.73 Å². The second-order valence-corrected chi connectivity index (χ2v) is 0.514. The topological polar surface area (TPSA) is 87.9 Å². The van der Waals surface area contributed by atoms with Gasteiger partial charge in [-0.15, -0.1) is 0 Å². The number of rotatable bonds is 0.